The molecule has 3 rings (SSSR count). The lowest BCUT2D eigenvalue weighted by Crippen LogP contribution is -2.19. The Kier molecular flexibility index (Phi) is 4.80. The molecule has 0 aliphatic rings. The third-order valence-corrected chi connectivity index (χ3v) is 4.90. The van der Waals surface area contributed by atoms with E-state index >= 15 is 0 Å². The SMILES string of the molecule is CC(C)(C)c1cccc(C(C)(C)C)c1-c1cc[c]cc1-c1ccccc1. The van der Waals surface area contributed by atoms with E-state index in [0.29, 0.717) is 0 Å². The molecule has 0 aromatic heterocycles. The molecule has 0 spiro atoms. The first-order valence-corrected chi connectivity index (χ1v) is 9.39. The summed E-state index contributed by atoms with van der Waals surface area (Å²) in [6.45, 7) is 13.8. The van der Waals surface area contributed by atoms with Gasteiger partial charge in [-0.05, 0) is 56.3 Å². The Morgan fingerprint density at radius 1 is 0.615 bits per heavy atom. The Morgan fingerprint density at radius 2 is 1.19 bits per heavy atom. The van der Waals surface area contributed by atoms with Crippen molar-refractivity contribution in [2.24, 2.45) is 0 Å². The van der Waals surface area contributed by atoms with E-state index in [2.05, 4.69) is 108 Å². The number of rotatable bonds is 2. The summed E-state index contributed by atoms with van der Waals surface area (Å²) in [7, 11) is 0. The van der Waals surface area contributed by atoms with Crippen molar-refractivity contribution in [3.05, 3.63) is 83.9 Å². The van der Waals surface area contributed by atoms with Crippen molar-refractivity contribution < 1.29 is 0 Å². The summed E-state index contributed by atoms with van der Waals surface area (Å²) in [6.07, 6.45) is 0. The highest BCUT2D eigenvalue weighted by Crippen LogP contribution is 2.43. The van der Waals surface area contributed by atoms with Crippen LogP contribution < -0.4 is 0 Å². The van der Waals surface area contributed by atoms with E-state index in [1.807, 2.05) is 6.07 Å². The second-order valence-corrected chi connectivity index (χ2v) is 9.07. The van der Waals surface area contributed by atoms with Crippen LogP contribution in [0.2, 0.25) is 0 Å². The largest absolute Gasteiger partial charge is 0.0622 e. The highest BCUT2D eigenvalue weighted by molar-refractivity contribution is 5.87. The molecule has 0 saturated heterocycles. The van der Waals surface area contributed by atoms with Crippen LogP contribution in [0.1, 0.15) is 52.7 Å². The molecule has 0 amide bonds. The summed E-state index contributed by atoms with van der Waals surface area (Å²) >= 11 is 0. The fraction of sp³-hybridized carbons (Fsp3) is 0.308. The van der Waals surface area contributed by atoms with E-state index in [1.54, 1.807) is 0 Å². The van der Waals surface area contributed by atoms with Crippen LogP contribution in [0.15, 0.2) is 66.7 Å². The van der Waals surface area contributed by atoms with Crippen LogP contribution in [0.5, 0.6) is 0 Å². The third-order valence-electron chi connectivity index (χ3n) is 4.90. The lowest BCUT2D eigenvalue weighted by Gasteiger charge is -2.31. The molecule has 3 aromatic carbocycles. The average Bonchev–Trinajstić information content (AvgIpc) is 2.60. The van der Waals surface area contributed by atoms with Gasteiger partial charge in [0.2, 0.25) is 0 Å². The van der Waals surface area contributed by atoms with Gasteiger partial charge in [0.15, 0.2) is 0 Å². The minimum Gasteiger partial charge on any atom is -0.0622 e. The lowest BCUT2D eigenvalue weighted by atomic mass is 9.73. The van der Waals surface area contributed by atoms with Crippen LogP contribution in [0, 0.1) is 6.07 Å². The van der Waals surface area contributed by atoms with Crippen LogP contribution in [0.4, 0.5) is 0 Å². The molecule has 0 fully saturated rings. The Labute approximate surface area is 158 Å². The average molecular weight is 342 g/mol. The molecule has 0 N–H and O–H groups in total. The smallest absolute Gasteiger partial charge is 0.00990 e. The summed E-state index contributed by atoms with van der Waals surface area (Å²) in [5.74, 6) is 0. The van der Waals surface area contributed by atoms with Gasteiger partial charge in [-0.2, -0.15) is 0 Å². The van der Waals surface area contributed by atoms with Crippen LogP contribution in [0.25, 0.3) is 22.3 Å². The number of hydrogen-bond acceptors (Lipinski definition) is 0. The van der Waals surface area contributed by atoms with Crippen molar-refractivity contribution in [3.63, 3.8) is 0 Å². The maximum Gasteiger partial charge on any atom is -0.00990 e. The van der Waals surface area contributed by atoms with Crippen molar-refractivity contribution in [3.8, 4) is 22.3 Å². The zero-order valence-corrected chi connectivity index (χ0v) is 16.9. The second kappa shape index (κ2) is 6.76. The van der Waals surface area contributed by atoms with Crippen LogP contribution in [-0.2, 0) is 10.8 Å². The summed E-state index contributed by atoms with van der Waals surface area (Å²) in [5.41, 5.74) is 8.10. The fourth-order valence-electron chi connectivity index (χ4n) is 3.60. The Bertz CT molecular complexity index is 855. The van der Waals surface area contributed by atoms with Gasteiger partial charge in [-0.25, -0.2) is 0 Å². The predicted molar refractivity (Wildman–Crippen MR) is 114 cm³/mol. The van der Waals surface area contributed by atoms with Gasteiger partial charge < -0.3 is 0 Å². The Hall–Kier alpha value is -2.34. The molecule has 3 aromatic rings. The molecule has 0 aliphatic carbocycles. The van der Waals surface area contributed by atoms with Gasteiger partial charge in [-0.3, -0.25) is 0 Å². The Balaban J connectivity index is 2.38. The third kappa shape index (κ3) is 3.60. The first-order chi connectivity index (χ1) is 12.2. The monoisotopic (exact) mass is 341 g/mol. The molecule has 0 heteroatoms. The standard InChI is InChI=1S/C26H29/c1-25(2,3)22-17-12-18-23(26(4,5)6)24(22)21-16-11-10-15-20(21)19-13-8-7-9-14-19/h7-9,11-18H,1-6H3. The molecular formula is C26H29. The van der Waals surface area contributed by atoms with Crippen molar-refractivity contribution >= 4 is 0 Å². The maximum atomic E-state index is 3.29. The number of benzene rings is 3. The van der Waals surface area contributed by atoms with Crippen LogP contribution in [-0.4, -0.2) is 0 Å². The highest BCUT2D eigenvalue weighted by Gasteiger charge is 2.27. The van der Waals surface area contributed by atoms with Crippen molar-refractivity contribution in [2.75, 3.05) is 0 Å². The molecule has 0 heterocycles. The van der Waals surface area contributed by atoms with E-state index in [0.717, 1.165) is 0 Å². The first kappa shape index (κ1) is 18.5. The minimum absolute atomic E-state index is 0.0735. The van der Waals surface area contributed by atoms with Crippen molar-refractivity contribution in [1.82, 2.24) is 0 Å². The second-order valence-electron chi connectivity index (χ2n) is 9.07. The molecule has 0 nitrogen and oxygen atoms in total. The molecule has 0 bridgehead atoms. The van der Waals surface area contributed by atoms with E-state index < -0.39 is 0 Å². The van der Waals surface area contributed by atoms with Gasteiger partial charge in [0.25, 0.3) is 0 Å². The minimum atomic E-state index is 0.0735. The first-order valence-electron chi connectivity index (χ1n) is 9.39. The zero-order chi connectivity index (χ0) is 18.9. The van der Waals surface area contributed by atoms with Gasteiger partial charge in [0.05, 0.1) is 0 Å². The van der Waals surface area contributed by atoms with E-state index in [9.17, 15) is 0 Å². The fourth-order valence-corrected chi connectivity index (χ4v) is 3.60. The maximum absolute atomic E-state index is 3.29. The van der Waals surface area contributed by atoms with Gasteiger partial charge in [0, 0.05) is 0 Å². The predicted octanol–water partition coefficient (Wildman–Crippen LogP) is 7.42. The number of hydrogen-bond donors (Lipinski definition) is 0. The van der Waals surface area contributed by atoms with Crippen molar-refractivity contribution in [1.29, 1.82) is 0 Å². The molecule has 0 atom stereocenters. The van der Waals surface area contributed by atoms with E-state index in [1.165, 1.54) is 33.4 Å². The molecular weight excluding hydrogens is 312 g/mol. The van der Waals surface area contributed by atoms with Gasteiger partial charge in [-0.15, -0.1) is 0 Å². The molecule has 133 valence electrons. The van der Waals surface area contributed by atoms with Gasteiger partial charge in [0.1, 0.15) is 0 Å². The molecule has 0 aliphatic heterocycles. The lowest BCUT2D eigenvalue weighted by molar-refractivity contribution is 0.572. The molecule has 0 unspecified atom stereocenters. The molecule has 0 saturated carbocycles. The van der Waals surface area contributed by atoms with E-state index in [4.69, 9.17) is 0 Å². The van der Waals surface area contributed by atoms with Crippen molar-refractivity contribution in [2.45, 2.75) is 52.4 Å². The molecule has 26 heavy (non-hydrogen) atoms. The molecule has 1 radical (unpaired) electrons. The van der Waals surface area contributed by atoms with Crippen LogP contribution >= 0.6 is 0 Å². The Morgan fingerprint density at radius 3 is 1.73 bits per heavy atom. The van der Waals surface area contributed by atoms with E-state index in [-0.39, 0.29) is 10.8 Å². The topological polar surface area (TPSA) is 0 Å². The van der Waals surface area contributed by atoms with Gasteiger partial charge >= 0.3 is 0 Å². The summed E-state index contributed by atoms with van der Waals surface area (Å²) < 4.78 is 0. The summed E-state index contributed by atoms with van der Waals surface area (Å²) in [4.78, 5) is 0. The highest BCUT2D eigenvalue weighted by atomic mass is 14.3. The summed E-state index contributed by atoms with van der Waals surface area (Å²) in [6, 6.07) is 27.1. The van der Waals surface area contributed by atoms with Gasteiger partial charge in [-0.1, -0.05) is 102 Å². The normalized spacial score (nSPS) is 12.2. The van der Waals surface area contributed by atoms with Crippen LogP contribution in [0.3, 0.4) is 0 Å². The summed E-state index contributed by atoms with van der Waals surface area (Å²) in [5, 5.41) is 0. The zero-order valence-electron chi connectivity index (χ0n) is 16.9. The quantitative estimate of drug-likeness (QED) is 0.455.